The van der Waals surface area contributed by atoms with Gasteiger partial charge < -0.3 is 30.9 Å². The molecule has 2 aromatic carbocycles. The Hall–Kier alpha value is -5.35. The smallest absolute Gasteiger partial charge is 0.478 e. The van der Waals surface area contributed by atoms with Crippen molar-refractivity contribution in [2.45, 2.75) is 44.1 Å². The minimum atomic E-state index is -5.08. The van der Waals surface area contributed by atoms with Gasteiger partial charge in [0.1, 0.15) is 6.61 Å². The number of guanidine groups is 1. The van der Waals surface area contributed by atoms with Crippen LogP contribution in [0.15, 0.2) is 59.7 Å². The summed E-state index contributed by atoms with van der Waals surface area (Å²) in [6.07, 6.45) is -2.77. The Labute approximate surface area is 254 Å². The molecule has 0 spiro atoms. The number of hydrogen-bond donors (Lipinski definition) is 7. The molecule has 0 fully saturated rings. The molecule has 1 aliphatic heterocycles. The van der Waals surface area contributed by atoms with Gasteiger partial charge >= 0.3 is 24.2 Å². The third-order valence-electron chi connectivity index (χ3n) is 6.39. The van der Waals surface area contributed by atoms with E-state index in [0.29, 0.717) is 30.3 Å². The molecule has 242 valence electrons. The number of fused-ring (bicyclic) bond motifs is 1. The SMILES string of the molecule is O=C(N[C@](CCCCCNC1=NCCN1)(NC(=O)c1cccc2[nH]ncc12)C(=O)O)OCc1ccccc1.O=C(O)C(F)(F)F. The number of alkyl halides is 3. The topological polar surface area (TPSA) is 207 Å². The van der Waals surface area contributed by atoms with E-state index in [4.69, 9.17) is 14.6 Å². The summed E-state index contributed by atoms with van der Waals surface area (Å²) in [7, 11) is 0. The number of aromatic amines is 1. The second kappa shape index (κ2) is 15.9. The Morgan fingerprint density at radius 2 is 1.67 bits per heavy atom. The van der Waals surface area contributed by atoms with E-state index in [2.05, 4.69) is 36.5 Å². The summed E-state index contributed by atoms with van der Waals surface area (Å²) in [5, 5.41) is 35.9. The lowest BCUT2D eigenvalue weighted by Crippen LogP contribution is -2.65. The van der Waals surface area contributed by atoms with E-state index < -0.39 is 35.8 Å². The molecule has 0 saturated carbocycles. The van der Waals surface area contributed by atoms with Crippen molar-refractivity contribution in [1.29, 1.82) is 0 Å². The molecule has 0 aliphatic carbocycles. The van der Waals surface area contributed by atoms with E-state index in [1.807, 2.05) is 6.07 Å². The lowest BCUT2D eigenvalue weighted by Gasteiger charge is -2.31. The summed E-state index contributed by atoms with van der Waals surface area (Å²) < 4.78 is 37.0. The lowest BCUT2D eigenvalue weighted by atomic mass is 10.00. The molecular formula is C28H32F3N7O7. The number of H-pyrrole nitrogens is 1. The van der Waals surface area contributed by atoms with Crippen molar-refractivity contribution in [3.63, 3.8) is 0 Å². The zero-order valence-corrected chi connectivity index (χ0v) is 23.8. The van der Waals surface area contributed by atoms with Crippen LogP contribution in [0.25, 0.3) is 10.9 Å². The van der Waals surface area contributed by atoms with Crippen molar-refractivity contribution in [3.05, 3.63) is 65.9 Å². The first-order valence-corrected chi connectivity index (χ1v) is 13.7. The molecule has 17 heteroatoms. The number of nitrogens with one attached hydrogen (secondary N) is 5. The number of aromatic nitrogens is 2. The lowest BCUT2D eigenvalue weighted by molar-refractivity contribution is -0.192. The molecule has 0 bridgehead atoms. The molecule has 3 aromatic rings. The van der Waals surface area contributed by atoms with Gasteiger partial charge in [0.05, 0.1) is 23.8 Å². The molecule has 1 atom stereocenters. The highest BCUT2D eigenvalue weighted by atomic mass is 19.4. The van der Waals surface area contributed by atoms with Crippen molar-refractivity contribution < 1.29 is 47.3 Å². The van der Waals surface area contributed by atoms with Gasteiger partial charge in [0, 0.05) is 24.9 Å². The van der Waals surface area contributed by atoms with Crippen molar-refractivity contribution in [2.24, 2.45) is 4.99 Å². The Kier molecular flexibility index (Phi) is 12.1. The zero-order chi connectivity index (χ0) is 32.9. The van der Waals surface area contributed by atoms with Gasteiger partial charge in [-0.05, 0) is 30.5 Å². The highest BCUT2D eigenvalue weighted by molar-refractivity contribution is 6.07. The van der Waals surface area contributed by atoms with Gasteiger partial charge in [-0.1, -0.05) is 42.8 Å². The van der Waals surface area contributed by atoms with Crippen LogP contribution in [0.3, 0.4) is 0 Å². The Morgan fingerprint density at radius 1 is 0.933 bits per heavy atom. The van der Waals surface area contributed by atoms with Crippen molar-refractivity contribution in [1.82, 2.24) is 31.5 Å². The van der Waals surface area contributed by atoms with Gasteiger partial charge in [0.15, 0.2) is 5.96 Å². The predicted molar refractivity (Wildman–Crippen MR) is 154 cm³/mol. The van der Waals surface area contributed by atoms with Gasteiger partial charge in [0.25, 0.3) is 5.91 Å². The fraction of sp³-hybridized carbons (Fsp3) is 0.357. The summed E-state index contributed by atoms with van der Waals surface area (Å²) >= 11 is 0. The van der Waals surface area contributed by atoms with Crippen LogP contribution in [0.2, 0.25) is 0 Å². The maximum atomic E-state index is 13.3. The number of amides is 2. The van der Waals surface area contributed by atoms with Crippen LogP contribution in [-0.2, 0) is 20.9 Å². The van der Waals surface area contributed by atoms with Crippen LogP contribution in [0.5, 0.6) is 0 Å². The van der Waals surface area contributed by atoms with E-state index in [-0.39, 0.29) is 18.6 Å². The number of alkyl carbamates (subject to hydrolysis) is 1. The van der Waals surface area contributed by atoms with E-state index in [1.165, 1.54) is 6.20 Å². The van der Waals surface area contributed by atoms with Crippen molar-refractivity contribution in [3.8, 4) is 0 Å². The Balaban J connectivity index is 0.000000707. The van der Waals surface area contributed by atoms with Crippen LogP contribution < -0.4 is 21.3 Å². The molecule has 14 nitrogen and oxygen atoms in total. The number of nitrogens with zero attached hydrogens (tertiary/aromatic N) is 2. The number of carboxylic acid groups (broad SMARTS) is 2. The van der Waals surface area contributed by atoms with E-state index in [1.54, 1.807) is 42.5 Å². The molecule has 1 aliphatic rings. The van der Waals surface area contributed by atoms with Gasteiger partial charge in [0.2, 0.25) is 5.66 Å². The second-order valence-electron chi connectivity index (χ2n) is 9.69. The van der Waals surface area contributed by atoms with E-state index in [0.717, 1.165) is 31.0 Å². The first-order chi connectivity index (χ1) is 21.4. The van der Waals surface area contributed by atoms with Gasteiger partial charge in [-0.25, -0.2) is 14.4 Å². The van der Waals surface area contributed by atoms with Crippen LogP contribution in [0, 0.1) is 0 Å². The summed E-state index contributed by atoms with van der Waals surface area (Å²) in [5.74, 6) is -4.06. The minimum Gasteiger partial charge on any atom is -0.478 e. The maximum absolute atomic E-state index is 13.3. The summed E-state index contributed by atoms with van der Waals surface area (Å²) in [6.45, 7) is 2.16. The number of benzene rings is 2. The number of rotatable bonds is 12. The minimum absolute atomic E-state index is 0.0466. The van der Waals surface area contributed by atoms with Crippen molar-refractivity contribution >= 4 is 40.8 Å². The standard InChI is InChI=1S/C26H31N7O5.C2HF3O2/c34-22(19-10-7-11-21-20(19)16-30-33-21)31-26(23(35)36,12-5-2-6-13-27-24-28-14-15-29-24)32-25(37)38-17-18-8-3-1-4-9-18;3-2(4,5)1(6)7/h1,3-4,7-11,16H,2,5-6,12-15,17H2,(H,30,33)(H,31,34)(H,32,37)(H,35,36)(H2,27,28,29);(H,6,7)/t26-;/m0./s1. The number of ether oxygens (including phenoxy) is 1. The molecule has 4 rings (SSSR count). The quantitative estimate of drug-likeness (QED) is 0.114. The summed E-state index contributed by atoms with van der Waals surface area (Å²) in [6, 6.07) is 14.0. The first kappa shape index (κ1) is 34.1. The number of hydrogen-bond acceptors (Lipinski definition) is 9. The van der Waals surface area contributed by atoms with E-state index >= 15 is 0 Å². The van der Waals surface area contributed by atoms with Gasteiger partial charge in [-0.15, -0.1) is 0 Å². The molecular weight excluding hydrogens is 603 g/mol. The van der Waals surface area contributed by atoms with Gasteiger partial charge in [-0.3, -0.25) is 20.2 Å². The average Bonchev–Trinajstić information content (AvgIpc) is 3.70. The third-order valence-corrected chi connectivity index (χ3v) is 6.39. The molecule has 0 saturated heterocycles. The Morgan fingerprint density at radius 3 is 2.31 bits per heavy atom. The molecule has 7 N–H and O–H groups in total. The highest BCUT2D eigenvalue weighted by Gasteiger charge is 2.42. The van der Waals surface area contributed by atoms with E-state index in [9.17, 15) is 32.7 Å². The van der Waals surface area contributed by atoms with Crippen LogP contribution >= 0.6 is 0 Å². The molecule has 2 heterocycles. The largest absolute Gasteiger partial charge is 0.490 e. The van der Waals surface area contributed by atoms with Crippen LogP contribution in [0.1, 0.15) is 41.6 Å². The Bertz CT molecular complexity index is 1500. The molecule has 1 aromatic heterocycles. The number of unbranched alkanes of at least 4 members (excludes halogenated alkanes) is 2. The molecule has 2 amide bonds. The number of carbonyl (C=O) groups is 4. The number of carboxylic acids is 2. The second-order valence-corrected chi connectivity index (χ2v) is 9.69. The third kappa shape index (κ3) is 10.4. The monoisotopic (exact) mass is 635 g/mol. The summed E-state index contributed by atoms with van der Waals surface area (Å²) in [5.41, 5.74) is -0.479. The normalized spacial score (nSPS) is 13.7. The highest BCUT2D eigenvalue weighted by Crippen LogP contribution is 2.20. The molecule has 0 unspecified atom stereocenters. The summed E-state index contributed by atoms with van der Waals surface area (Å²) in [4.78, 5) is 51.7. The van der Waals surface area contributed by atoms with Crippen LogP contribution in [0.4, 0.5) is 18.0 Å². The number of halogens is 3. The number of carbonyl (C=O) groups excluding carboxylic acids is 2. The number of aliphatic carboxylic acids is 2. The van der Waals surface area contributed by atoms with Gasteiger partial charge in [-0.2, -0.15) is 18.3 Å². The predicted octanol–water partition coefficient (Wildman–Crippen LogP) is 2.74. The number of aliphatic imine (C=N–C) groups is 1. The molecule has 45 heavy (non-hydrogen) atoms. The fourth-order valence-corrected chi connectivity index (χ4v) is 4.15. The zero-order valence-electron chi connectivity index (χ0n) is 23.8. The fourth-order valence-electron chi connectivity index (χ4n) is 4.15. The van der Waals surface area contributed by atoms with Crippen LogP contribution in [-0.4, -0.2) is 81.8 Å². The maximum Gasteiger partial charge on any atom is 0.490 e. The first-order valence-electron chi connectivity index (χ1n) is 13.7. The average molecular weight is 636 g/mol. The molecule has 0 radical (unpaired) electrons. The van der Waals surface area contributed by atoms with Crippen molar-refractivity contribution in [2.75, 3.05) is 19.6 Å².